The fourth-order valence-electron chi connectivity index (χ4n) is 1.36. The van der Waals surface area contributed by atoms with Gasteiger partial charge >= 0.3 is 0 Å². The van der Waals surface area contributed by atoms with E-state index in [2.05, 4.69) is 0 Å². The molecule has 0 rings (SSSR count). The molecule has 0 aromatic carbocycles. The number of hydrogen-bond donors (Lipinski definition) is 1. The molecule has 0 heterocycles. The van der Waals surface area contributed by atoms with Crippen molar-refractivity contribution in [3.05, 3.63) is 0 Å². The minimum absolute atomic E-state index is 0.0822. The van der Waals surface area contributed by atoms with Gasteiger partial charge in [-0.3, -0.25) is 0 Å². The van der Waals surface area contributed by atoms with Crippen LogP contribution in [0.2, 0.25) is 0 Å². The lowest BCUT2D eigenvalue weighted by molar-refractivity contribution is 0.332. The number of thiol groups is 1. The zero-order chi connectivity index (χ0) is 9.28. The largest absolute Gasteiger partial charge is 0.231 e. The summed E-state index contributed by atoms with van der Waals surface area (Å²) in [6, 6.07) is 0. The number of hydrogen-bond acceptors (Lipinski definition) is 2. The van der Waals surface area contributed by atoms with Gasteiger partial charge in [-0.25, -0.2) is 8.42 Å². The molecular weight excluding hydrogens is 160 g/mol. The van der Waals surface area contributed by atoms with Crippen molar-refractivity contribution in [3.63, 3.8) is 0 Å². The van der Waals surface area contributed by atoms with Gasteiger partial charge in [0.1, 0.15) is 10.7 Å². The predicted molar refractivity (Wildman–Crippen MR) is 48.5 cm³/mol. The van der Waals surface area contributed by atoms with E-state index in [1.54, 1.807) is 13.8 Å². The van der Waals surface area contributed by atoms with Crippen LogP contribution in [0.1, 0.15) is 41.0 Å². The number of rotatable bonds is 2. The zero-order valence-electron chi connectivity index (χ0n) is 7.97. The van der Waals surface area contributed by atoms with Gasteiger partial charge in [-0.05, 0) is 25.7 Å². The van der Waals surface area contributed by atoms with Crippen molar-refractivity contribution in [1.82, 2.24) is 0 Å². The molecule has 0 saturated heterocycles. The molecule has 0 aliphatic rings. The quantitative estimate of drug-likeness (QED) is 0.654. The molecule has 0 fully saturated rings. The summed E-state index contributed by atoms with van der Waals surface area (Å²) in [5, 5.41) is 0. The van der Waals surface area contributed by atoms with E-state index in [4.69, 9.17) is 0 Å². The highest BCUT2D eigenvalue weighted by Gasteiger charge is 2.27. The van der Waals surface area contributed by atoms with E-state index in [9.17, 15) is 8.42 Å². The van der Waals surface area contributed by atoms with Crippen LogP contribution >= 0.6 is 0 Å². The van der Waals surface area contributed by atoms with E-state index in [1.165, 1.54) is 0 Å². The molecule has 0 amide bonds. The molecule has 0 radical (unpaired) electrons. The molecule has 0 saturated carbocycles. The lowest BCUT2D eigenvalue weighted by atomic mass is 9.86. The molecule has 3 heteroatoms. The van der Waals surface area contributed by atoms with E-state index < -0.39 is 15.5 Å². The third-order valence-corrected chi connectivity index (χ3v) is 2.60. The van der Waals surface area contributed by atoms with Crippen LogP contribution in [0.4, 0.5) is 0 Å². The average molecular weight is 178 g/mol. The monoisotopic (exact) mass is 178 g/mol. The van der Waals surface area contributed by atoms with Crippen LogP contribution < -0.4 is 0 Å². The minimum atomic E-state index is -2.31. The molecule has 0 aromatic heterocycles. The highest BCUT2D eigenvalue weighted by Crippen LogP contribution is 2.28. The molecule has 0 aliphatic heterocycles. The summed E-state index contributed by atoms with van der Waals surface area (Å²) in [5.41, 5.74) is 0.0822. The summed E-state index contributed by atoms with van der Waals surface area (Å²) in [6.07, 6.45) is 0.707. The van der Waals surface area contributed by atoms with Crippen molar-refractivity contribution in [2.45, 2.75) is 45.8 Å². The first-order valence-electron chi connectivity index (χ1n) is 3.80. The van der Waals surface area contributed by atoms with Gasteiger partial charge in [-0.15, -0.1) is 0 Å². The Bertz CT molecular complexity index is 189. The summed E-state index contributed by atoms with van der Waals surface area (Å²) in [4.78, 5) is 0. The topological polar surface area (TPSA) is 34.1 Å². The molecular formula is C8H18O2S. The van der Waals surface area contributed by atoms with Crippen molar-refractivity contribution in [2.24, 2.45) is 5.41 Å². The molecule has 11 heavy (non-hydrogen) atoms. The first-order chi connectivity index (χ1) is 4.65. The van der Waals surface area contributed by atoms with E-state index in [1.807, 2.05) is 20.8 Å². The van der Waals surface area contributed by atoms with Crippen LogP contribution in [0.15, 0.2) is 0 Å². The Hall–Kier alpha value is -0.0500. The highest BCUT2D eigenvalue weighted by molar-refractivity contribution is 7.74. The van der Waals surface area contributed by atoms with Crippen molar-refractivity contribution in [3.8, 4) is 0 Å². The fourth-order valence-corrected chi connectivity index (χ4v) is 1.97. The van der Waals surface area contributed by atoms with Gasteiger partial charge in [0, 0.05) is 0 Å². The zero-order valence-corrected chi connectivity index (χ0v) is 8.87. The van der Waals surface area contributed by atoms with E-state index in [0.717, 1.165) is 0 Å². The van der Waals surface area contributed by atoms with Crippen molar-refractivity contribution in [1.29, 1.82) is 0 Å². The standard InChI is InChI=1S/C8H18O2S/c1-7(2,3)6-8(4,5)11(9)10/h11H,6H2,1-5H3. The van der Waals surface area contributed by atoms with Gasteiger partial charge in [0.15, 0.2) is 0 Å². The Balaban J connectivity index is 4.37. The second-order valence-corrected chi connectivity index (χ2v) is 6.53. The molecule has 0 N–H and O–H groups in total. The van der Waals surface area contributed by atoms with E-state index in [-0.39, 0.29) is 5.41 Å². The first-order valence-corrected chi connectivity index (χ1v) is 4.97. The fraction of sp³-hybridized carbons (Fsp3) is 1.00. The molecule has 0 atom stereocenters. The summed E-state index contributed by atoms with van der Waals surface area (Å²) < 4.78 is 20.9. The highest BCUT2D eigenvalue weighted by atomic mass is 32.2. The molecule has 0 aliphatic carbocycles. The van der Waals surface area contributed by atoms with Crippen LogP contribution in [0.3, 0.4) is 0 Å². The Labute approximate surface area is 71.0 Å². The van der Waals surface area contributed by atoms with Crippen LogP contribution in [0.5, 0.6) is 0 Å². The van der Waals surface area contributed by atoms with E-state index in [0.29, 0.717) is 6.42 Å². The average Bonchev–Trinajstić information content (AvgIpc) is 1.56. The lowest BCUT2D eigenvalue weighted by Gasteiger charge is -2.27. The maximum atomic E-state index is 10.7. The molecule has 68 valence electrons. The molecule has 0 unspecified atom stereocenters. The van der Waals surface area contributed by atoms with Gasteiger partial charge < -0.3 is 0 Å². The summed E-state index contributed by atoms with van der Waals surface area (Å²) in [5.74, 6) is 0. The van der Waals surface area contributed by atoms with Gasteiger partial charge in [-0.1, -0.05) is 20.8 Å². The van der Waals surface area contributed by atoms with Crippen LogP contribution in [0, 0.1) is 5.41 Å². The summed E-state index contributed by atoms with van der Waals surface area (Å²) >= 11 is 0. The lowest BCUT2D eigenvalue weighted by Crippen LogP contribution is -2.28. The maximum absolute atomic E-state index is 10.7. The van der Waals surface area contributed by atoms with Crippen molar-refractivity contribution < 1.29 is 8.42 Å². The SMILES string of the molecule is CC(C)(C)CC(C)(C)[SH](=O)=O. The van der Waals surface area contributed by atoms with Crippen LogP contribution in [-0.2, 0) is 10.7 Å². The summed E-state index contributed by atoms with van der Waals surface area (Å²) in [7, 11) is -2.31. The third-order valence-electron chi connectivity index (χ3n) is 1.46. The molecule has 0 spiro atoms. The predicted octanol–water partition coefficient (Wildman–Crippen LogP) is 1.81. The van der Waals surface area contributed by atoms with E-state index >= 15 is 0 Å². The van der Waals surface area contributed by atoms with Crippen molar-refractivity contribution in [2.75, 3.05) is 0 Å². The van der Waals surface area contributed by atoms with Gasteiger partial charge in [0.2, 0.25) is 0 Å². The Morgan fingerprint density at radius 3 is 1.45 bits per heavy atom. The second-order valence-electron chi connectivity index (χ2n) is 4.81. The molecule has 0 aromatic rings. The normalized spacial score (nSPS) is 14.0. The van der Waals surface area contributed by atoms with Gasteiger partial charge in [0.25, 0.3) is 0 Å². The first kappa shape index (κ1) is 11.0. The van der Waals surface area contributed by atoms with Crippen LogP contribution in [-0.4, -0.2) is 13.2 Å². The van der Waals surface area contributed by atoms with Gasteiger partial charge in [-0.2, -0.15) is 0 Å². The molecule has 2 nitrogen and oxygen atoms in total. The third kappa shape index (κ3) is 4.40. The smallest absolute Gasteiger partial charge is 0.145 e. The van der Waals surface area contributed by atoms with Gasteiger partial charge in [0.05, 0.1) is 4.75 Å². The molecule has 0 bridgehead atoms. The summed E-state index contributed by atoms with van der Waals surface area (Å²) in [6.45, 7) is 9.68. The Kier molecular flexibility index (Phi) is 3.12. The Morgan fingerprint density at radius 2 is 1.36 bits per heavy atom. The second kappa shape index (κ2) is 3.13. The Morgan fingerprint density at radius 1 is 1.00 bits per heavy atom. The van der Waals surface area contributed by atoms with Crippen LogP contribution in [0.25, 0.3) is 0 Å². The maximum Gasteiger partial charge on any atom is 0.145 e. The minimum Gasteiger partial charge on any atom is -0.231 e. The van der Waals surface area contributed by atoms with Crippen molar-refractivity contribution >= 4 is 10.7 Å².